The lowest BCUT2D eigenvalue weighted by Gasteiger charge is -2.06. The van der Waals surface area contributed by atoms with E-state index in [1.54, 1.807) is 6.07 Å². The quantitative estimate of drug-likeness (QED) is 0.847. The molecule has 0 saturated heterocycles. The maximum atomic E-state index is 13.0. The number of nitrogens with one attached hydrogen (secondary N) is 1. The largest absolute Gasteiger partial charge is 0.478 e. The second-order valence-electron chi connectivity index (χ2n) is 4.19. The van der Waals surface area contributed by atoms with Gasteiger partial charge in [0.1, 0.15) is 10.8 Å². The summed E-state index contributed by atoms with van der Waals surface area (Å²) < 4.78 is 13.3. The lowest BCUT2D eigenvalue weighted by molar-refractivity contribution is 0.0698. The highest BCUT2D eigenvalue weighted by Crippen LogP contribution is 2.29. The predicted octanol–water partition coefficient (Wildman–Crippen LogP) is 4.16. The highest BCUT2D eigenvalue weighted by Gasteiger charge is 2.18. The van der Waals surface area contributed by atoms with Crippen LogP contribution in [0.15, 0.2) is 28.7 Å². The van der Waals surface area contributed by atoms with Gasteiger partial charge >= 0.3 is 5.97 Å². The number of anilines is 1. The highest BCUT2D eigenvalue weighted by atomic mass is 79.9. The Balaban J connectivity index is 2.31. The summed E-state index contributed by atoms with van der Waals surface area (Å²) in [5.74, 6) is -2.05. The van der Waals surface area contributed by atoms with Gasteiger partial charge in [0.15, 0.2) is 0 Å². The number of carbonyl (C=O) groups is 2. The van der Waals surface area contributed by atoms with Crippen LogP contribution in [0.5, 0.6) is 0 Å². The van der Waals surface area contributed by atoms with E-state index in [0.717, 1.165) is 4.88 Å². The van der Waals surface area contributed by atoms with E-state index in [1.807, 2.05) is 6.92 Å². The summed E-state index contributed by atoms with van der Waals surface area (Å²) >= 11 is 4.33. The van der Waals surface area contributed by atoms with Gasteiger partial charge < -0.3 is 10.4 Å². The van der Waals surface area contributed by atoms with Crippen LogP contribution < -0.4 is 5.32 Å². The lowest BCUT2D eigenvalue weighted by atomic mass is 10.2. The van der Waals surface area contributed by atoms with Gasteiger partial charge in [-0.1, -0.05) is 6.92 Å². The summed E-state index contributed by atoms with van der Waals surface area (Å²) in [6.07, 6.45) is 0.682. The molecule has 21 heavy (non-hydrogen) atoms. The Morgan fingerprint density at radius 1 is 1.33 bits per heavy atom. The number of aryl methyl sites for hydroxylation is 1. The Bertz CT molecular complexity index is 714. The summed E-state index contributed by atoms with van der Waals surface area (Å²) in [5, 5.41) is 12.0. The molecule has 2 rings (SSSR count). The van der Waals surface area contributed by atoms with E-state index in [9.17, 15) is 14.0 Å². The molecule has 1 amide bonds. The first-order valence-corrected chi connectivity index (χ1v) is 7.65. The van der Waals surface area contributed by atoms with E-state index < -0.39 is 17.7 Å². The van der Waals surface area contributed by atoms with E-state index in [2.05, 4.69) is 21.2 Å². The number of carboxylic acids is 1. The first-order valence-electron chi connectivity index (χ1n) is 6.04. The van der Waals surface area contributed by atoms with Crippen LogP contribution >= 0.6 is 27.3 Å². The molecule has 0 aliphatic heterocycles. The maximum Gasteiger partial charge on any atom is 0.338 e. The molecule has 1 aromatic carbocycles. The molecular weight excluding hydrogens is 361 g/mol. The zero-order chi connectivity index (χ0) is 15.6. The zero-order valence-corrected chi connectivity index (χ0v) is 13.3. The van der Waals surface area contributed by atoms with E-state index in [4.69, 9.17) is 5.11 Å². The molecule has 0 unspecified atom stereocenters. The number of benzene rings is 1. The predicted molar refractivity (Wildman–Crippen MR) is 82.7 cm³/mol. The van der Waals surface area contributed by atoms with Crippen molar-refractivity contribution in [2.24, 2.45) is 0 Å². The minimum absolute atomic E-state index is 0.0587. The standard InChI is InChI=1S/C14H11BrFNO3S/c1-2-8-6-10(14(19)20)13(21-8)17-12(18)9-4-3-7(16)5-11(9)15/h3-6H,2H2,1H3,(H,17,18)(H,19,20). The van der Waals surface area contributed by atoms with Crippen LogP contribution in [-0.4, -0.2) is 17.0 Å². The van der Waals surface area contributed by atoms with Crippen molar-refractivity contribution in [3.63, 3.8) is 0 Å². The van der Waals surface area contributed by atoms with E-state index in [1.165, 1.54) is 29.5 Å². The smallest absolute Gasteiger partial charge is 0.338 e. The van der Waals surface area contributed by atoms with Crippen molar-refractivity contribution in [1.29, 1.82) is 0 Å². The van der Waals surface area contributed by atoms with Crippen molar-refractivity contribution in [3.05, 3.63) is 50.6 Å². The van der Waals surface area contributed by atoms with Crippen molar-refractivity contribution < 1.29 is 19.1 Å². The normalized spacial score (nSPS) is 10.4. The van der Waals surface area contributed by atoms with Crippen molar-refractivity contribution in [2.45, 2.75) is 13.3 Å². The van der Waals surface area contributed by atoms with E-state index >= 15 is 0 Å². The second-order valence-corrected chi connectivity index (χ2v) is 6.18. The molecule has 2 N–H and O–H groups in total. The van der Waals surface area contributed by atoms with Crippen LogP contribution in [0.25, 0.3) is 0 Å². The fraction of sp³-hybridized carbons (Fsp3) is 0.143. The van der Waals surface area contributed by atoms with Crippen LogP contribution in [0.1, 0.15) is 32.5 Å². The molecule has 0 aliphatic carbocycles. The van der Waals surface area contributed by atoms with Crippen LogP contribution in [0.4, 0.5) is 9.39 Å². The topological polar surface area (TPSA) is 66.4 Å². The summed E-state index contributed by atoms with van der Waals surface area (Å²) in [7, 11) is 0. The fourth-order valence-electron chi connectivity index (χ4n) is 1.71. The van der Waals surface area contributed by atoms with Crippen molar-refractivity contribution >= 4 is 44.1 Å². The molecule has 0 spiro atoms. The molecule has 1 aromatic heterocycles. The maximum absolute atomic E-state index is 13.0. The Kier molecular flexibility index (Phi) is 4.74. The number of carbonyl (C=O) groups excluding carboxylic acids is 1. The number of thiophene rings is 1. The summed E-state index contributed by atoms with van der Waals surface area (Å²) in [4.78, 5) is 24.2. The van der Waals surface area contributed by atoms with Gasteiger partial charge in [0.2, 0.25) is 0 Å². The summed E-state index contributed by atoms with van der Waals surface area (Å²) in [6, 6.07) is 5.23. The van der Waals surface area contributed by atoms with Crippen LogP contribution in [0.3, 0.4) is 0 Å². The first-order chi connectivity index (χ1) is 9.92. The van der Waals surface area contributed by atoms with Gasteiger partial charge in [-0.05, 0) is 46.6 Å². The minimum atomic E-state index is -1.10. The van der Waals surface area contributed by atoms with Gasteiger partial charge in [-0.2, -0.15) is 0 Å². The molecule has 0 fully saturated rings. The lowest BCUT2D eigenvalue weighted by Crippen LogP contribution is -2.13. The van der Waals surface area contributed by atoms with Crippen molar-refractivity contribution in [1.82, 2.24) is 0 Å². The third-order valence-electron chi connectivity index (χ3n) is 2.76. The molecule has 0 atom stereocenters. The zero-order valence-electron chi connectivity index (χ0n) is 10.9. The summed E-state index contributed by atoms with van der Waals surface area (Å²) in [6.45, 7) is 1.90. The number of hydrogen-bond donors (Lipinski definition) is 2. The monoisotopic (exact) mass is 371 g/mol. The van der Waals surface area contributed by atoms with Crippen LogP contribution in [0, 0.1) is 5.82 Å². The molecule has 0 saturated carbocycles. The van der Waals surface area contributed by atoms with Gasteiger partial charge in [0.05, 0.1) is 11.1 Å². The Morgan fingerprint density at radius 3 is 2.62 bits per heavy atom. The third-order valence-corrected chi connectivity index (χ3v) is 4.62. The highest BCUT2D eigenvalue weighted by molar-refractivity contribution is 9.10. The number of hydrogen-bond acceptors (Lipinski definition) is 3. The molecule has 110 valence electrons. The third kappa shape index (κ3) is 3.48. The van der Waals surface area contributed by atoms with Crippen molar-refractivity contribution in [3.8, 4) is 0 Å². The number of carboxylic acid groups (broad SMARTS) is 1. The minimum Gasteiger partial charge on any atom is -0.478 e. The Morgan fingerprint density at radius 2 is 2.05 bits per heavy atom. The average molecular weight is 372 g/mol. The van der Waals surface area contributed by atoms with Gasteiger partial charge in [-0.3, -0.25) is 4.79 Å². The molecule has 0 radical (unpaired) electrons. The number of rotatable bonds is 4. The van der Waals surface area contributed by atoms with Gasteiger partial charge in [0.25, 0.3) is 5.91 Å². The van der Waals surface area contributed by atoms with Crippen molar-refractivity contribution in [2.75, 3.05) is 5.32 Å². The fourth-order valence-corrected chi connectivity index (χ4v) is 3.23. The molecule has 0 aliphatic rings. The van der Waals surface area contributed by atoms with Gasteiger partial charge in [-0.15, -0.1) is 11.3 Å². The SMILES string of the molecule is CCc1cc(C(=O)O)c(NC(=O)c2ccc(F)cc2Br)s1. The molecule has 2 aromatic rings. The number of aromatic carboxylic acids is 1. The van der Waals surface area contributed by atoms with E-state index in [-0.39, 0.29) is 16.1 Å². The second kappa shape index (κ2) is 6.36. The molecule has 0 bridgehead atoms. The van der Waals surface area contributed by atoms with Gasteiger partial charge in [0, 0.05) is 9.35 Å². The Labute approximate surface area is 132 Å². The number of amides is 1. The number of halogens is 2. The molecule has 4 nitrogen and oxygen atoms in total. The summed E-state index contributed by atoms with van der Waals surface area (Å²) in [5.41, 5.74) is 0.294. The van der Waals surface area contributed by atoms with Gasteiger partial charge in [-0.25, -0.2) is 9.18 Å². The Hall–Kier alpha value is -1.73. The average Bonchev–Trinajstić information content (AvgIpc) is 2.81. The molecular formula is C14H11BrFNO3S. The molecule has 7 heteroatoms. The molecule has 1 heterocycles. The first kappa shape index (κ1) is 15.7. The van der Waals surface area contributed by atoms with Crippen LogP contribution in [0.2, 0.25) is 0 Å². The van der Waals surface area contributed by atoms with E-state index in [0.29, 0.717) is 10.9 Å². The van der Waals surface area contributed by atoms with Crippen LogP contribution in [-0.2, 0) is 6.42 Å².